The molecule has 0 spiro atoms. The minimum Gasteiger partial charge on any atom is -0.371 e. The Balaban J connectivity index is 1.60. The van der Waals surface area contributed by atoms with E-state index in [2.05, 4.69) is 15.4 Å². The Hall–Kier alpha value is -2.67. The highest BCUT2D eigenvalue weighted by molar-refractivity contribution is 6.35. The molecule has 0 saturated carbocycles. The summed E-state index contributed by atoms with van der Waals surface area (Å²) in [4.78, 5) is 18.5. The number of hydrogen-bond donors (Lipinski definition) is 1. The van der Waals surface area contributed by atoms with Gasteiger partial charge < -0.3 is 5.32 Å². The number of carbonyl (C=O) groups excluding carboxylic acids is 1. The summed E-state index contributed by atoms with van der Waals surface area (Å²) in [7, 11) is 1.80. The second-order valence-corrected chi connectivity index (χ2v) is 6.77. The van der Waals surface area contributed by atoms with E-state index in [4.69, 9.17) is 11.6 Å². The van der Waals surface area contributed by atoms with Crippen molar-refractivity contribution in [3.05, 3.63) is 47.0 Å². The second-order valence-electron chi connectivity index (χ2n) is 6.36. The van der Waals surface area contributed by atoms with Crippen LogP contribution in [-0.4, -0.2) is 33.3 Å². The Morgan fingerprint density at radius 3 is 2.88 bits per heavy atom. The molecule has 134 valence electrons. The van der Waals surface area contributed by atoms with Gasteiger partial charge in [-0.05, 0) is 31.5 Å². The molecule has 1 unspecified atom stereocenters. The van der Waals surface area contributed by atoms with Crippen molar-refractivity contribution in [1.82, 2.24) is 14.8 Å². The van der Waals surface area contributed by atoms with Crippen LogP contribution in [0.3, 0.4) is 0 Å². The van der Waals surface area contributed by atoms with E-state index < -0.39 is 11.9 Å². The molecule has 1 saturated heterocycles. The lowest BCUT2D eigenvalue weighted by Gasteiger charge is -2.18. The van der Waals surface area contributed by atoms with Gasteiger partial charge in [-0.3, -0.25) is 19.4 Å². The van der Waals surface area contributed by atoms with Gasteiger partial charge >= 0.3 is 0 Å². The number of pyridine rings is 1. The molecule has 3 aromatic rings. The van der Waals surface area contributed by atoms with Crippen LogP contribution in [0.25, 0.3) is 10.9 Å². The van der Waals surface area contributed by atoms with E-state index in [-0.39, 0.29) is 17.1 Å². The van der Waals surface area contributed by atoms with E-state index >= 15 is 0 Å². The molecular formula is C18H17ClFN5O. The molecule has 0 radical (unpaired) electrons. The van der Waals surface area contributed by atoms with Gasteiger partial charge in [-0.25, -0.2) is 4.39 Å². The van der Waals surface area contributed by atoms with Crippen LogP contribution in [0.5, 0.6) is 0 Å². The molecule has 1 atom stereocenters. The normalized spacial score (nSPS) is 17.3. The van der Waals surface area contributed by atoms with E-state index in [0.717, 1.165) is 11.5 Å². The van der Waals surface area contributed by atoms with Crippen molar-refractivity contribution in [1.29, 1.82) is 0 Å². The van der Waals surface area contributed by atoms with Crippen molar-refractivity contribution >= 4 is 39.9 Å². The van der Waals surface area contributed by atoms with E-state index in [9.17, 15) is 9.18 Å². The van der Waals surface area contributed by atoms with E-state index in [0.29, 0.717) is 23.4 Å². The zero-order valence-corrected chi connectivity index (χ0v) is 15.1. The summed E-state index contributed by atoms with van der Waals surface area (Å²) in [5, 5.41) is 8.28. The molecule has 3 heterocycles. The van der Waals surface area contributed by atoms with E-state index in [1.807, 2.05) is 13.0 Å². The molecular weight excluding hydrogens is 357 g/mol. The van der Waals surface area contributed by atoms with Gasteiger partial charge in [0.1, 0.15) is 17.4 Å². The van der Waals surface area contributed by atoms with Crippen molar-refractivity contribution in [3.63, 3.8) is 0 Å². The molecule has 8 heteroatoms. The number of fused-ring (bicyclic) bond motifs is 1. The van der Waals surface area contributed by atoms with Crippen LogP contribution < -0.4 is 10.2 Å². The number of halogens is 2. The molecule has 1 fully saturated rings. The van der Waals surface area contributed by atoms with Crippen molar-refractivity contribution in [2.75, 3.05) is 16.8 Å². The van der Waals surface area contributed by atoms with Crippen molar-refractivity contribution in [2.24, 2.45) is 7.05 Å². The van der Waals surface area contributed by atoms with Crippen LogP contribution in [0, 0.1) is 12.7 Å². The molecule has 1 aliphatic heterocycles. The average molecular weight is 374 g/mol. The number of aryl methyl sites for hydroxylation is 2. The molecule has 1 aromatic carbocycles. The Morgan fingerprint density at radius 2 is 2.15 bits per heavy atom. The number of rotatable bonds is 3. The summed E-state index contributed by atoms with van der Waals surface area (Å²) >= 11 is 6.08. The fourth-order valence-electron chi connectivity index (χ4n) is 3.34. The first kappa shape index (κ1) is 16.8. The van der Waals surface area contributed by atoms with Gasteiger partial charge in [0.25, 0.3) is 5.91 Å². The number of anilines is 2. The summed E-state index contributed by atoms with van der Waals surface area (Å²) in [6.07, 6.45) is 2.04. The summed E-state index contributed by atoms with van der Waals surface area (Å²) in [5.74, 6) is 0.128. The van der Waals surface area contributed by atoms with Gasteiger partial charge in [-0.2, -0.15) is 5.10 Å². The number of benzene rings is 1. The molecule has 26 heavy (non-hydrogen) atoms. The highest BCUT2D eigenvalue weighted by atomic mass is 35.5. The number of nitrogens with one attached hydrogen (secondary N) is 1. The van der Waals surface area contributed by atoms with Gasteiger partial charge in [0, 0.05) is 31.2 Å². The van der Waals surface area contributed by atoms with E-state index in [1.54, 1.807) is 34.8 Å². The van der Waals surface area contributed by atoms with Crippen LogP contribution in [0.4, 0.5) is 15.9 Å². The van der Waals surface area contributed by atoms with Crippen molar-refractivity contribution in [3.8, 4) is 0 Å². The molecule has 2 aromatic heterocycles. The van der Waals surface area contributed by atoms with Gasteiger partial charge in [-0.15, -0.1) is 0 Å². The lowest BCUT2D eigenvalue weighted by atomic mass is 10.1. The second kappa shape index (κ2) is 6.25. The maximum Gasteiger partial charge on any atom is 0.250 e. The standard InChI is InChI=1S/C18H17ClFN5O/c1-10-9-15(24(2)23-10)25-8-6-14(18(25)26)22-13-4-3-11-12(19)5-7-21-17(11)16(13)20/h3-5,7,9,14,22H,6,8H2,1-2H3. The quantitative estimate of drug-likeness (QED) is 0.765. The minimum atomic E-state index is -0.507. The van der Waals surface area contributed by atoms with Gasteiger partial charge in [0.05, 0.1) is 16.4 Å². The summed E-state index contributed by atoms with van der Waals surface area (Å²) in [6.45, 7) is 2.43. The van der Waals surface area contributed by atoms with Gasteiger partial charge in [0.15, 0.2) is 5.82 Å². The van der Waals surface area contributed by atoms with Crippen LogP contribution >= 0.6 is 11.6 Å². The van der Waals surface area contributed by atoms with Gasteiger partial charge in [0.2, 0.25) is 0 Å². The third-order valence-electron chi connectivity index (χ3n) is 4.59. The average Bonchev–Trinajstić information content (AvgIpc) is 3.12. The smallest absolute Gasteiger partial charge is 0.250 e. The summed E-state index contributed by atoms with van der Waals surface area (Å²) in [5.41, 5.74) is 1.27. The SMILES string of the molecule is Cc1cc(N2CCC(Nc3ccc4c(Cl)ccnc4c3F)C2=O)n(C)n1. The molecule has 0 bridgehead atoms. The molecule has 4 rings (SSSR count). The van der Waals surface area contributed by atoms with Crippen LogP contribution in [0.15, 0.2) is 30.5 Å². The first-order valence-electron chi connectivity index (χ1n) is 8.27. The van der Waals surface area contributed by atoms with Crippen LogP contribution in [0.2, 0.25) is 5.02 Å². The first-order chi connectivity index (χ1) is 12.5. The number of nitrogens with zero attached hydrogens (tertiary/aromatic N) is 4. The van der Waals surface area contributed by atoms with Crippen molar-refractivity contribution < 1.29 is 9.18 Å². The minimum absolute atomic E-state index is 0.105. The molecule has 6 nitrogen and oxygen atoms in total. The first-order valence-corrected chi connectivity index (χ1v) is 8.65. The molecule has 0 aliphatic carbocycles. The number of aromatic nitrogens is 3. The highest BCUT2D eigenvalue weighted by Gasteiger charge is 2.34. The number of hydrogen-bond acceptors (Lipinski definition) is 4. The number of amides is 1. The lowest BCUT2D eigenvalue weighted by Crippen LogP contribution is -2.34. The fourth-order valence-corrected chi connectivity index (χ4v) is 3.55. The Labute approximate surface area is 154 Å². The third kappa shape index (κ3) is 2.68. The molecule has 1 amide bonds. The van der Waals surface area contributed by atoms with Crippen LogP contribution in [-0.2, 0) is 11.8 Å². The largest absolute Gasteiger partial charge is 0.371 e. The number of carbonyl (C=O) groups is 1. The fraction of sp³-hybridized carbons (Fsp3) is 0.278. The highest BCUT2D eigenvalue weighted by Crippen LogP contribution is 2.30. The maximum absolute atomic E-state index is 14.8. The summed E-state index contributed by atoms with van der Waals surface area (Å²) < 4.78 is 16.5. The predicted molar refractivity (Wildman–Crippen MR) is 99.0 cm³/mol. The van der Waals surface area contributed by atoms with Crippen molar-refractivity contribution in [2.45, 2.75) is 19.4 Å². The van der Waals surface area contributed by atoms with Gasteiger partial charge in [-0.1, -0.05) is 11.6 Å². The van der Waals surface area contributed by atoms with E-state index in [1.165, 1.54) is 6.20 Å². The summed E-state index contributed by atoms with van der Waals surface area (Å²) in [6, 6.07) is 6.28. The Morgan fingerprint density at radius 1 is 1.35 bits per heavy atom. The van der Waals surface area contributed by atoms with Crippen LogP contribution in [0.1, 0.15) is 12.1 Å². The zero-order valence-electron chi connectivity index (χ0n) is 14.3. The molecule has 1 N–H and O–H groups in total. The topological polar surface area (TPSA) is 63.1 Å². The monoisotopic (exact) mass is 373 g/mol. The Bertz CT molecular complexity index is 1020. The molecule has 1 aliphatic rings. The third-order valence-corrected chi connectivity index (χ3v) is 4.92. The lowest BCUT2D eigenvalue weighted by molar-refractivity contribution is -0.117. The zero-order chi connectivity index (χ0) is 18.4. The predicted octanol–water partition coefficient (Wildman–Crippen LogP) is 3.29. The maximum atomic E-state index is 14.8. The Kier molecular flexibility index (Phi) is 4.03.